The van der Waals surface area contributed by atoms with Crippen LogP contribution in [0.25, 0.3) is 5.76 Å². The molecule has 0 aliphatic rings. The Morgan fingerprint density at radius 1 is 1.03 bits per heavy atom. The third-order valence-corrected chi connectivity index (χ3v) is 4.94. The zero-order valence-corrected chi connectivity index (χ0v) is 18.3. The van der Waals surface area contributed by atoms with Crippen LogP contribution in [-0.2, 0) is 17.6 Å². The van der Waals surface area contributed by atoms with E-state index in [1.54, 1.807) is 25.4 Å². The summed E-state index contributed by atoms with van der Waals surface area (Å²) in [6.07, 6.45) is 5.11. The van der Waals surface area contributed by atoms with Crippen LogP contribution in [0, 0.1) is 12.7 Å². The van der Waals surface area contributed by atoms with E-state index in [1.165, 1.54) is 17.2 Å². The van der Waals surface area contributed by atoms with Crippen molar-refractivity contribution in [2.45, 2.75) is 26.7 Å². The van der Waals surface area contributed by atoms with Crippen molar-refractivity contribution in [2.75, 3.05) is 7.11 Å². The van der Waals surface area contributed by atoms with E-state index in [0.29, 0.717) is 22.8 Å². The van der Waals surface area contributed by atoms with Crippen LogP contribution in [0.2, 0.25) is 10.0 Å². The summed E-state index contributed by atoms with van der Waals surface area (Å²) in [4.78, 5) is 4.23. The minimum atomic E-state index is -0.213. The highest BCUT2D eigenvalue weighted by Crippen LogP contribution is 2.20. The van der Waals surface area contributed by atoms with Crippen LogP contribution in [0.4, 0.5) is 4.39 Å². The smallest absolute Gasteiger partial charge is 0.127 e. The van der Waals surface area contributed by atoms with Crippen molar-refractivity contribution in [2.24, 2.45) is 0 Å². The van der Waals surface area contributed by atoms with E-state index in [1.807, 2.05) is 37.4 Å². The summed E-state index contributed by atoms with van der Waals surface area (Å²) in [7, 11) is 1.61. The normalized spacial score (nSPS) is 10.1. The fourth-order valence-electron chi connectivity index (χ4n) is 2.71. The number of pyridine rings is 1. The predicted octanol–water partition coefficient (Wildman–Crippen LogP) is 7.29. The van der Waals surface area contributed by atoms with E-state index in [9.17, 15) is 4.39 Å². The largest absolute Gasteiger partial charge is 0.497 e. The zero-order chi connectivity index (χ0) is 21.4. The first-order valence-corrected chi connectivity index (χ1v) is 9.95. The minimum absolute atomic E-state index is 0.213. The average molecular weight is 432 g/mol. The Labute approximate surface area is 182 Å². The molecule has 0 aliphatic carbocycles. The molecule has 0 N–H and O–H groups in total. The molecule has 0 saturated heterocycles. The maximum absolute atomic E-state index is 12.8. The molecule has 1 aromatic heterocycles. The van der Waals surface area contributed by atoms with Crippen molar-refractivity contribution in [1.29, 1.82) is 0 Å². The van der Waals surface area contributed by atoms with Crippen LogP contribution in [0.1, 0.15) is 34.7 Å². The third-order valence-electron chi connectivity index (χ3n) is 4.47. The maximum Gasteiger partial charge on any atom is 0.127 e. The average Bonchev–Trinajstić information content (AvgIpc) is 2.71. The Balaban J connectivity index is 0.000000253. The van der Waals surface area contributed by atoms with Crippen LogP contribution in [-0.4, -0.2) is 12.1 Å². The van der Waals surface area contributed by atoms with Crippen molar-refractivity contribution in [3.8, 4) is 0 Å². The standard InChI is InChI=1S/C16H16ClNO.C8H8ClF/c1-11-4-5-16(17)8-14(11)6-13-7-15(10-18-9-13)12(2)19-3;1-2-6-3-4-7(9)5-8(6)10/h4-5,7-10H,2,6H2,1,3H3;3-5H,2H2,1H3. The molecule has 0 aliphatic heterocycles. The highest BCUT2D eigenvalue weighted by atomic mass is 35.5. The molecule has 5 heteroatoms. The summed E-state index contributed by atoms with van der Waals surface area (Å²) in [5.41, 5.74) is 5.15. The second kappa shape index (κ2) is 11.0. The molecule has 2 nitrogen and oxygen atoms in total. The number of halogens is 3. The van der Waals surface area contributed by atoms with Gasteiger partial charge in [-0.15, -0.1) is 0 Å². The number of rotatable bonds is 5. The lowest BCUT2D eigenvalue weighted by atomic mass is 10.0. The van der Waals surface area contributed by atoms with Gasteiger partial charge in [0, 0.05) is 28.0 Å². The Morgan fingerprint density at radius 3 is 2.38 bits per heavy atom. The van der Waals surface area contributed by atoms with Crippen LogP contribution in [0.3, 0.4) is 0 Å². The van der Waals surface area contributed by atoms with Gasteiger partial charge in [-0.2, -0.15) is 0 Å². The van der Waals surface area contributed by atoms with Crippen molar-refractivity contribution >= 4 is 29.0 Å². The number of methoxy groups -OCH3 is 1. The monoisotopic (exact) mass is 431 g/mol. The zero-order valence-electron chi connectivity index (χ0n) is 16.8. The number of nitrogens with zero attached hydrogens (tertiary/aromatic N) is 1. The van der Waals surface area contributed by atoms with Gasteiger partial charge >= 0.3 is 0 Å². The first-order valence-electron chi connectivity index (χ1n) is 9.20. The summed E-state index contributed by atoms with van der Waals surface area (Å²) < 4.78 is 17.9. The van der Waals surface area contributed by atoms with Gasteiger partial charge in [0.1, 0.15) is 11.6 Å². The van der Waals surface area contributed by atoms with E-state index < -0.39 is 0 Å². The second-order valence-electron chi connectivity index (χ2n) is 6.55. The van der Waals surface area contributed by atoms with Gasteiger partial charge in [0.15, 0.2) is 0 Å². The molecule has 0 fully saturated rings. The fourth-order valence-corrected chi connectivity index (χ4v) is 3.07. The van der Waals surface area contributed by atoms with Gasteiger partial charge < -0.3 is 4.74 Å². The Bertz CT molecular complexity index is 988. The first-order chi connectivity index (χ1) is 13.8. The van der Waals surface area contributed by atoms with E-state index in [2.05, 4.69) is 18.5 Å². The Morgan fingerprint density at radius 2 is 1.72 bits per heavy atom. The number of aryl methyl sites for hydroxylation is 2. The molecular formula is C24H24Cl2FNO. The summed E-state index contributed by atoms with van der Waals surface area (Å²) in [6.45, 7) is 7.83. The summed E-state index contributed by atoms with van der Waals surface area (Å²) >= 11 is 11.6. The molecule has 0 radical (unpaired) electrons. The van der Waals surface area contributed by atoms with Gasteiger partial charge in [0.2, 0.25) is 0 Å². The molecule has 0 unspecified atom stereocenters. The lowest BCUT2D eigenvalue weighted by Gasteiger charge is -2.09. The van der Waals surface area contributed by atoms with Crippen LogP contribution in [0.15, 0.2) is 61.4 Å². The van der Waals surface area contributed by atoms with Gasteiger partial charge in [-0.3, -0.25) is 4.98 Å². The first kappa shape index (κ1) is 22.9. The SMILES string of the molecule is C=C(OC)c1cncc(Cc2cc(Cl)ccc2C)c1.CCc1ccc(Cl)cc1F. The molecule has 0 saturated carbocycles. The molecule has 0 spiro atoms. The highest BCUT2D eigenvalue weighted by molar-refractivity contribution is 6.30. The summed E-state index contributed by atoms with van der Waals surface area (Å²) in [6, 6.07) is 12.7. The van der Waals surface area contributed by atoms with Crippen molar-refractivity contribution in [3.63, 3.8) is 0 Å². The summed E-state index contributed by atoms with van der Waals surface area (Å²) in [5, 5.41) is 1.21. The van der Waals surface area contributed by atoms with Crippen molar-refractivity contribution < 1.29 is 9.13 Å². The molecule has 152 valence electrons. The molecule has 3 rings (SSSR count). The lowest BCUT2D eigenvalue weighted by molar-refractivity contribution is 0.371. The topological polar surface area (TPSA) is 22.1 Å². The van der Waals surface area contributed by atoms with Gasteiger partial charge in [-0.25, -0.2) is 4.39 Å². The molecule has 3 aromatic rings. The van der Waals surface area contributed by atoms with Gasteiger partial charge in [0.05, 0.1) is 7.11 Å². The predicted molar refractivity (Wildman–Crippen MR) is 120 cm³/mol. The highest BCUT2D eigenvalue weighted by Gasteiger charge is 2.05. The van der Waals surface area contributed by atoms with E-state index in [-0.39, 0.29) is 5.82 Å². The number of hydrogen-bond acceptors (Lipinski definition) is 2. The van der Waals surface area contributed by atoms with E-state index >= 15 is 0 Å². The van der Waals surface area contributed by atoms with Crippen molar-refractivity contribution in [1.82, 2.24) is 4.98 Å². The summed E-state index contributed by atoms with van der Waals surface area (Å²) in [5.74, 6) is 0.409. The molecule has 0 bridgehead atoms. The molecule has 1 heterocycles. The van der Waals surface area contributed by atoms with Crippen LogP contribution < -0.4 is 0 Å². The minimum Gasteiger partial charge on any atom is -0.497 e. The molecule has 29 heavy (non-hydrogen) atoms. The fraction of sp³-hybridized carbons (Fsp3) is 0.208. The quantitative estimate of drug-likeness (QED) is 0.395. The third kappa shape index (κ3) is 6.88. The van der Waals surface area contributed by atoms with Gasteiger partial charge in [-0.05, 0) is 72.4 Å². The molecule has 2 aromatic carbocycles. The van der Waals surface area contributed by atoms with Crippen molar-refractivity contribution in [3.05, 3.63) is 105 Å². The van der Waals surface area contributed by atoms with Crippen LogP contribution >= 0.6 is 23.2 Å². The molecular weight excluding hydrogens is 408 g/mol. The number of aromatic nitrogens is 1. The lowest BCUT2D eigenvalue weighted by Crippen LogP contribution is -1.95. The molecule has 0 amide bonds. The molecule has 0 atom stereocenters. The van der Waals surface area contributed by atoms with Gasteiger partial charge in [0.25, 0.3) is 0 Å². The number of hydrogen-bond donors (Lipinski definition) is 0. The van der Waals surface area contributed by atoms with Crippen LogP contribution in [0.5, 0.6) is 0 Å². The Kier molecular flexibility index (Phi) is 8.69. The van der Waals surface area contributed by atoms with Gasteiger partial charge in [-0.1, -0.05) is 48.8 Å². The Hall–Kier alpha value is -2.36. The second-order valence-corrected chi connectivity index (χ2v) is 7.42. The van der Waals surface area contributed by atoms with E-state index in [4.69, 9.17) is 27.9 Å². The van der Waals surface area contributed by atoms with E-state index in [0.717, 1.165) is 22.6 Å². The number of ether oxygens (including phenoxy) is 1. The maximum atomic E-state index is 12.8. The number of benzene rings is 2.